The molecule has 10 heteroatoms. The summed E-state index contributed by atoms with van der Waals surface area (Å²) in [6.07, 6.45) is 6.54. The highest BCUT2D eigenvalue weighted by Gasteiger charge is 2.49. The highest BCUT2D eigenvalue weighted by molar-refractivity contribution is 6.32. The Morgan fingerprint density at radius 1 is 1.26 bits per heavy atom. The Bertz CT molecular complexity index is 1430. The summed E-state index contributed by atoms with van der Waals surface area (Å²) in [6.45, 7) is 0.854. The van der Waals surface area contributed by atoms with E-state index in [1.807, 2.05) is 35.9 Å². The topological polar surface area (TPSA) is 100 Å². The van der Waals surface area contributed by atoms with Gasteiger partial charge in [0.2, 0.25) is 0 Å². The fourth-order valence-corrected chi connectivity index (χ4v) is 7.18. The van der Waals surface area contributed by atoms with Gasteiger partial charge in [-0.25, -0.2) is 0 Å². The van der Waals surface area contributed by atoms with E-state index in [2.05, 4.69) is 27.6 Å². The number of amides is 1. The number of hydrogen-bond acceptors (Lipinski definition) is 5. The Morgan fingerprint density at radius 2 is 2.05 bits per heavy atom. The normalized spacial score (nSPS) is 23.3. The lowest BCUT2D eigenvalue weighted by molar-refractivity contribution is -0.138. The molecule has 2 aromatic carbocycles. The third-order valence-corrected chi connectivity index (χ3v) is 9.36. The van der Waals surface area contributed by atoms with Crippen LogP contribution in [0.15, 0.2) is 42.7 Å². The smallest absolute Gasteiger partial charge is 0.304 e. The van der Waals surface area contributed by atoms with Crippen LogP contribution in [0.2, 0.25) is 5.02 Å². The van der Waals surface area contributed by atoms with Gasteiger partial charge in [0.25, 0.3) is 5.91 Å². The van der Waals surface area contributed by atoms with Crippen molar-refractivity contribution in [2.45, 2.75) is 68.4 Å². The number of carboxylic acid groups (broad SMARTS) is 1. The first kappa shape index (κ1) is 26.3. The van der Waals surface area contributed by atoms with Gasteiger partial charge in [0.1, 0.15) is 12.2 Å². The summed E-state index contributed by atoms with van der Waals surface area (Å²) >= 11 is 13.2. The largest absolute Gasteiger partial charge is 0.481 e. The van der Waals surface area contributed by atoms with Crippen molar-refractivity contribution < 1.29 is 14.7 Å². The zero-order chi connectivity index (χ0) is 27.3. The van der Waals surface area contributed by atoms with E-state index < -0.39 is 5.97 Å². The molecule has 0 spiro atoms. The van der Waals surface area contributed by atoms with Crippen LogP contribution >= 0.6 is 23.2 Å². The highest BCUT2D eigenvalue weighted by atomic mass is 35.5. The predicted molar refractivity (Wildman–Crippen MR) is 149 cm³/mol. The van der Waals surface area contributed by atoms with Crippen LogP contribution in [0, 0.1) is 5.92 Å². The minimum absolute atomic E-state index is 0.0632. The van der Waals surface area contributed by atoms with Gasteiger partial charge < -0.3 is 19.9 Å². The van der Waals surface area contributed by atoms with Gasteiger partial charge in [-0.3, -0.25) is 9.59 Å². The first-order valence-corrected chi connectivity index (χ1v) is 14.2. The Hall–Kier alpha value is -2.94. The third-order valence-electron chi connectivity index (χ3n) is 8.72. The van der Waals surface area contributed by atoms with Crippen molar-refractivity contribution in [3.63, 3.8) is 0 Å². The van der Waals surface area contributed by atoms with Crippen molar-refractivity contribution in [1.82, 2.24) is 20.1 Å². The van der Waals surface area contributed by atoms with E-state index in [0.29, 0.717) is 29.6 Å². The van der Waals surface area contributed by atoms with Gasteiger partial charge in [0.05, 0.1) is 18.4 Å². The Balaban J connectivity index is 1.24. The van der Waals surface area contributed by atoms with Crippen molar-refractivity contribution in [2.75, 3.05) is 4.90 Å². The van der Waals surface area contributed by atoms with Crippen LogP contribution in [0.4, 0.5) is 5.69 Å². The molecule has 0 bridgehead atoms. The number of carboxylic acids is 1. The molecule has 1 atom stereocenters. The third kappa shape index (κ3) is 4.72. The minimum Gasteiger partial charge on any atom is -0.481 e. The van der Waals surface area contributed by atoms with E-state index in [-0.39, 0.29) is 29.2 Å². The van der Waals surface area contributed by atoms with E-state index in [1.54, 1.807) is 11.2 Å². The number of aromatic nitrogens is 3. The van der Waals surface area contributed by atoms with Crippen molar-refractivity contribution in [3.8, 4) is 0 Å². The summed E-state index contributed by atoms with van der Waals surface area (Å²) in [4.78, 5) is 26.8. The monoisotopic (exact) mass is 567 g/mol. The first-order chi connectivity index (χ1) is 18.7. The van der Waals surface area contributed by atoms with Gasteiger partial charge in [0.15, 0.2) is 0 Å². The fourth-order valence-electron chi connectivity index (χ4n) is 6.35. The average Bonchev–Trinajstić information content (AvgIpc) is 3.42. The van der Waals surface area contributed by atoms with E-state index in [0.717, 1.165) is 60.3 Å². The van der Waals surface area contributed by atoms with Crippen LogP contribution < -0.4 is 10.2 Å². The number of aliphatic carboxylic acids is 1. The number of hydrogen-bond donors (Lipinski definition) is 2. The molecule has 0 radical (unpaired) electrons. The lowest BCUT2D eigenvalue weighted by Crippen LogP contribution is -2.45. The second kappa shape index (κ2) is 10.2. The SMILES string of the molecule is Cn1cnnc1C1(c2cccc(N3Cc4c(Cl)cc(CNC(CC(=O)O)C5CCC5)cc4C3=O)c2)CC(Cl)C1. The summed E-state index contributed by atoms with van der Waals surface area (Å²) in [5, 5.41) is 21.9. The van der Waals surface area contributed by atoms with Gasteiger partial charge >= 0.3 is 5.97 Å². The fraction of sp³-hybridized carbons (Fsp3) is 0.448. The number of carbonyl (C=O) groups is 2. The molecule has 1 aromatic heterocycles. The van der Waals surface area contributed by atoms with Crippen molar-refractivity contribution in [3.05, 3.63) is 75.8 Å². The van der Waals surface area contributed by atoms with Crippen LogP contribution in [-0.4, -0.2) is 43.2 Å². The number of rotatable bonds is 9. The van der Waals surface area contributed by atoms with Crippen LogP contribution in [0.25, 0.3) is 0 Å². The lowest BCUT2D eigenvalue weighted by atomic mass is 9.63. The number of fused-ring (bicyclic) bond motifs is 1. The molecule has 1 amide bonds. The van der Waals surface area contributed by atoms with Crippen molar-refractivity contribution in [2.24, 2.45) is 13.0 Å². The van der Waals surface area contributed by atoms with Crippen LogP contribution in [0.5, 0.6) is 0 Å². The molecule has 204 valence electrons. The van der Waals surface area contributed by atoms with Gasteiger partial charge in [-0.05, 0) is 67.0 Å². The predicted octanol–water partition coefficient (Wildman–Crippen LogP) is 5.05. The lowest BCUT2D eigenvalue weighted by Gasteiger charge is -2.44. The Labute approximate surface area is 237 Å². The quantitative estimate of drug-likeness (QED) is 0.351. The van der Waals surface area contributed by atoms with Crippen LogP contribution in [0.3, 0.4) is 0 Å². The molecule has 0 saturated heterocycles. The maximum absolute atomic E-state index is 13.6. The zero-order valence-electron chi connectivity index (χ0n) is 21.7. The second-order valence-corrected chi connectivity index (χ2v) is 12.2. The van der Waals surface area contributed by atoms with Gasteiger partial charge in [-0.15, -0.1) is 21.8 Å². The van der Waals surface area contributed by atoms with E-state index in [1.165, 1.54) is 0 Å². The first-order valence-electron chi connectivity index (χ1n) is 13.4. The molecule has 2 aliphatic carbocycles. The second-order valence-electron chi connectivity index (χ2n) is 11.2. The molecule has 3 aliphatic rings. The molecule has 6 rings (SSSR count). The number of anilines is 1. The molecular weight excluding hydrogens is 537 g/mol. The Morgan fingerprint density at radius 3 is 2.69 bits per heavy atom. The molecular formula is C29H31Cl2N5O3. The number of nitrogens with one attached hydrogen (secondary N) is 1. The number of carbonyl (C=O) groups excluding carboxylic acids is 1. The zero-order valence-corrected chi connectivity index (χ0v) is 23.3. The molecule has 3 aromatic rings. The molecule has 1 unspecified atom stereocenters. The average molecular weight is 569 g/mol. The van der Waals surface area contributed by atoms with Crippen molar-refractivity contribution in [1.29, 1.82) is 0 Å². The molecule has 2 N–H and O–H groups in total. The number of halogens is 2. The minimum atomic E-state index is -0.802. The summed E-state index contributed by atoms with van der Waals surface area (Å²) in [6, 6.07) is 11.7. The van der Waals surface area contributed by atoms with Crippen LogP contribution in [-0.2, 0) is 30.3 Å². The standard InChI is InChI=1S/C29H31Cl2N5O3/c1-35-16-33-34-28(35)29(12-20(30)13-29)19-6-3-7-21(10-19)36-15-23-22(27(36)39)8-17(9-24(23)31)14-32-25(11-26(37)38)18-4-2-5-18/h3,6-10,16,18,20,25,32H,2,4-5,11-15H2,1H3,(H,37,38). The molecule has 8 nitrogen and oxygen atoms in total. The number of aryl methyl sites for hydroxylation is 1. The highest BCUT2D eigenvalue weighted by Crippen LogP contribution is 2.51. The Kier molecular flexibility index (Phi) is 6.90. The summed E-state index contributed by atoms with van der Waals surface area (Å²) < 4.78 is 1.94. The molecule has 2 heterocycles. The van der Waals surface area contributed by atoms with Crippen LogP contribution in [0.1, 0.15) is 71.4 Å². The van der Waals surface area contributed by atoms with Gasteiger partial charge in [0, 0.05) is 46.8 Å². The molecule has 1 aliphatic heterocycles. The number of nitrogens with zero attached hydrogens (tertiary/aromatic N) is 4. The van der Waals surface area contributed by atoms with E-state index >= 15 is 0 Å². The van der Waals surface area contributed by atoms with Crippen molar-refractivity contribution >= 4 is 40.8 Å². The maximum Gasteiger partial charge on any atom is 0.304 e. The number of benzene rings is 2. The maximum atomic E-state index is 13.6. The molecule has 2 saturated carbocycles. The van der Waals surface area contributed by atoms with E-state index in [4.69, 9.17) is 23.2 Å². The van der Waals surface area contributed by atoms with Gasteiger partial charge in [-0.2, -0.15) is 0 Å². The van der Waals surface area contributed by atoms with Gasteiger partial charge in [-0.1, -0.05) is 30.2 Å². The summed E-state index contributed by atoms with van der Waals surface area (Å²) in [5.41, 5.74) is 3.80. The molecule has 2 fully saturated rings. The summed E-state index contributed by atoms with van der Waals surface area (Å²) in [7, 11) is 1.94. The number of alkyl halides is 1. The molecule has 39 heavy (non-hydrogen) atoms. The summed E-state index contributed by atoms with van der Waals surface area (Å²) in [5.74, 6) is 0.355. The van der Waals surface area contributed by atoms with E-state index in [9.17, 15) is 14.7 Å².